The minimum atomic E-state index is 0.137. The first-order chi connectivity index (χ1) is 13.2. The van der Waals surface area contributed by atoms with Crippen molar-refractivity contribution in [3.63, 3.8) is 0 Å². The second-order valence-corrected chi connectivity index (χ2v) is 7.11. The first-order valence-electron chi connectivity index (χ1n) is 9.82. The highest BCUT2D eigenvalue weighted by atomic mass is 35.5. The van der Waals surface area contributed by atoms with E-state index in [0.29, 0.717) is 13.2 Å². The van der Waals surface area contributed by atoms with Crippen molar-refractivity contribution in [3.8, 4) is 11.5 Å². The molecule has 146 valence electrons. The van der Waals surface area contributed by atoms with E-state index in [4.69, 9.17) is 21.1 Å². The van der Waals surface area contributed by atoms with Gasteiger partial charge in [-0.1, -0.05) is 29.8 Å². The third-order valence-electron chi connectivity index (χ3n) is 4.79. The van der Waals surface area contributed by atoms with E-state index in [1.165, 1.54) is 11.1 Å². The van der Waals surface area contributed by atoms with Crippen molar-refractivity contribution in [3.05, 3.63) is 58.6 Å². The van der Waals surface area contributed by atoms with Gasteiger partial charge in [0.05, 0.1) is 19.3 Å². The summed E-state index contributed by atoms with van der Waals surface area (Å²) in [6.45, 7) is 9.31. The molecule has 0 radical (unpaired) electrons. The third-order valence-corrected chi connectivity index (χ3v) is 5.02. The lowest BCUT2D eigenvalue weighted by Crippen LogP contribution is -2.33. The van der Waals surface area contributed by atoms with Crippen molar-refractivity contribution in [2.24, 2.45) is 0 Å². The fraction of sp³-hybridized carbons (Fsp3) is 0.455. The quantitative estimate of drug-likeness (QED) is 0.756. The molecule has 0 aliphatic carbocycles. The molecule has 4 nitrogen and oxygen atoms in total. The maximum atomic E-state index is 6.32. The second kappa shape index (κ2) is 9.98. The van der Waals surface area contributed by atoms with Crippen LogP contribution < -0.4 is 14.8 Å². The summed E-state index contributed by atoms with van der Waals surface area (Å²) < 4.78 is 11.6. The summed E-state index contributed by atoms with van der Waals surface area (Å²) in [6, 6.07) is 14.6. The Kier molecular flexibility index (Phi) is 7.39. The van der Waals surface area contributed by atoms with Crippen LogP contribution >= 0.6 is 11.6 Å². The van der Waals surface area contributed by atoms with Crippen molar-refractivity contribution in [2.45, 2.75) is 26.3 Å². The van der Waals surface area contributed by atoms with Gasteiger partial charge < -0.3 is 14.8 Å². The minimum absolute atomic E-state index is 0.137. The van der Waals surface area contributed by atoms with Gasteiger partial charge in [0, 0.05) is 24.7 Å². The van der Waals surface area contributed by atoms with E-state index in [0.717, 1.165) is 49.1 Å². The number of hydrogen-bond acceptors (Lipinski definition) is 4. The topological polar surface area (TPSA) is 33.7 Å². The van der Waals surface area contributed by atoms with E-state index in [9.17, 15) is 0 Å². The molecule has 1 aliphatic rings. The molecule has 1 N–H and O–H groups in total. The Morgan fingerprint density at radius 2 is 1.74 bits per heavy atom. The number of halogens is 1. The van der Waals surface area contributed by atoms with Crippen LogP contribution in [0.3, 0.4) is 0 Å². The maximum absolute atomic E-state index is 6.32. The SMILES string of the molecule is CCOc1ccc(C(c2cccc(Cl)c2)N2CCCNCC2)cc1OCC. The zero-order valence-electron chi connectivity index (χ0n) is 16.2. The van der Waals surface area contributed by atoms with Crippen LogP contribution in [0.1, 0.15) is 37.4 Å². The first kappa shape index (κ1) is 20.0. The molecule has 5 heteroatoms. The monoisotopic (exact) mass is 388 g/mol. The van der Waals surface area contributed by atoms with E-state index in [2.05, 4.69) is 34.5 Å². The van der Waals surface area contributed by atoms with Crippen molar-refractivity contribution < 1.29 is 9.47 Å². The highest BCUT2D eigenvalue weighted by Gasteiger charge is 2.24. The minimum Gasteiger partial charge on any atom is -0.490 e. The molecule has 2 aromatic rings. The van der Waals surface area contributed by atoms with Crippen LogP contribution in [0.5, 0.6) is 11.5 Å². The van der Waals surface area contributed by atoms with E-state index in [1.807, 2.05) is 32.0 Å². The van der Waals surface area contributed by atoms with Crippen LogP contribution in [-0.2, 0) is 0 Å². The smallest absolute Gasteiger partial charge is 0.161 e. The lowest BCUT2D eigenvalue weighted by Gasteiger charge is -2.32. The Bertz CT molecular complexity index is 730. The standard InChI is InChI=1S/C22H29ClN2O2/c1-3-26-20-10-9-18(16-21(20)27-4-2)22(17-7-5-8-19(23)15-17)25-13-6-11-24-12-14-25/h5,7-10,15-16,22,24H,3-4,6,11-14H2,1-2H3. The average Bonchev–Trinajstić information content (AvgIpc) is 2.94. The van der Waals surface area contributed by atoms with Crippen LogP contribution in [0.15, 0.2) is 42.5 Å². The lowest BCUT2D eigenvalue weighted by molar-refractivity contribution is 0.239. The molecule has 1 saturated heterocycles. The molecule has 3 rings (SSSR count). The van der Waals surface area contributed by atoms with Crippen LogP contribution in [-0.4, -0.2) is 44.3 Å². The van der Waals surface area contributed by atoms with Crippen LogP contribution in [0, 0.1) is 0 Å². The number of nitrogens with zero attached hydrogens (tertiary/aromatic N) is 1. The molecule has 1 atom stereocenters. The van der Waals surface area contributed by atoms with Gasteiger partial charge in [-0.05, 0) is 62.2 Å². The van der Waals surface area contributed by atoms with Crippen molar-refractivity contribution >= 4 is 11.6 Å². The molecule has 0 bridgehead atoms. The van der Waals surface area contributed by atoms with Gasteiger partial charge in [0.1, 0.15) is 0 Å². The predicted molar refractivity (Wildman–Crippen MR) is 111 cm³/mol. The number of nitrogens with one attached hydrogen (secondary N) is 1. The Balaban J connectivity index is 2.02. The van der Waals surface area contributed by atoms with Crippen LogP contribution in [0.4, 0.5) is 0 Å². The predicted octanol–water partition coefficient (Wildman–Crippen LogP) is 4.52. The molecule has 0 aromatic heterocycles. The van der Waals surface area contributed by atoms with E-state index in [-0.39, 0.29) is 6.04 Å². The third kappa shape index (κ3) is 5.16. The highest BCUT2D eigenvalue weighted by Crippen LogP contribution is 2.36. The molecule has 0 spiro atoms. The molecular weight excluding hydrogens is 360 g/mol. The van der Waals surface area contributed by atoms with E-state index >= 15 is 0 Å². The molecule has 0 amide bonds. The summed E-state index contributed by atoms with van der Waals surface area (Å²) in [4.78, 5) is 2.52. The number of hydrogen-bond donors (Lipinski definition) is 1. The number of ether oxygens (including phenoxy) is 2. The summed E-state index contributed by atoms with van der Waals surface area (Å²) in [6.07, 6.45) is 1.13. The lowest BCUT2D eigenvalue weighted by atomic mass is 9.96. The Hall–Kier alpha value is -1.75. The van der Waals surface area contributed by atoms with Gasteiger partial charge in [-0.2, -0.15) is 0 Å². The fourth-order valence-corrected chi connectivity index (χ4v) is 3.85. The summed E-state index contributed by atoms with van der Waals surface area (Å²) >= 11 is 6.32. The summed E-state index contributed by atoms with van der Waals surface area (Å²) in [7, 11) is 0. The Morgan fingerprint density at radius 1 is 0.963 bits per heavy atom. The molecular formula is C22H29ClN2O2. The second-order valence-electron chi connectivity index (χ2n) is 6.67. The van der Waals surface area contributed by atoms with Crippen molar-refractivity contribution in [1.82, 2.24) is 10.2 Å². The van der Waals surface area contributed by atoms with E-state index < -0.39 is 0 Å². The van der Waals surface area contributed by atoms with Gasteiger partial charge in [-0.25, -0.2) is 0 Å². The van der Waals surface area contributed by atoms with Gasteiger partial charge in [0.25, 0.3) is 0 Å². The average molecular weight is 389 g/mol. The molecule has 1 aliphatic heterocycles. The molecule has 1 fully saturated rings. The summed E-state index contributed by atoms with van der Waals surface area (Å²) in [5.74, 6) is 1.60. The molecule has 0 saturated carbocycles. The number of rotatable bonds is 7. The van der Waals surface area contributed by atoms with Gasteiger partial charge in [-0.3, -0.25) is 4.90 Å². The van der Waals surface area contributed by atoms with E-state index in [1.54, 1.807) is 0 Å². The molecule has 2 aromatic carbocycles. The largest absolute Gasteiger partial charge is 0.490 e. The zero-order valence-corrected chi connectivity index (χ0v) is 17.0. The molecule has 27 heavy (non-hydrogen) atoms. The first-order valence-corrected chi connectivity index (χ1v) is 10.2. The van der Waals surface area contributed by atoms with Gasteiger partial charge in [0.15, 0.2) is 11.5 Å². The maximum Gasteiger partial charge on any atom is 0.161 e. The Morgan fingerprint density at radius 3 is 2.52 bits per heavy atom. The van der Waals surface area contributed by atoms with Crippen LogP contribution in [0.2, 0.25) is 5.02 Å². The van der Waals surface area contributed by atoms with Crippen LogP contribution in [0.25, 0.3) is 0 Å². The zero-order chi connectivity index (χ0) is 19.1. The molecule has 1 heterocycles. The fourth-order valence-electron chi connectivity index (χ4n) is 3.65. The normalized spacial score (nSPS) is 16.6. The van der Waals surface area contributed by atoms with Gasteiger partial charge >= 0.3 is 0 Å². The Labute approximate surface area is 167 Å². The van der Waals surface area contributed by atoms with Crippen molar-refractivity contribution in [2.75, 3.05) is 39.4 Å². The highest BCUT2D eigenvalue weighted by molar-refractivity contribution is 6.30. The summed E-state index contributed by atoms with van der Waals surface area (Å²) in [5, 5.41) is 4.26. The van der Waals surface area contributed by atoms with Gasteiger partial charge in [0.2, 0.25) is 0 Å². The molecule has 1 unspecified atom stereocenters. The van der Waals surface area contributed by atoms with Gasteiger partial charge in [-0.15, -0.1) is 0 Å². The number of benzene rings is 2. The summed E-state index contributed by atoms with van der Waals surface area (Å²) in [5.41, 5.74) is 2.40. The van der Waals surface area contributed by atoms with Crippen molar-refractivity contribution in [1.29, 1.82) is 0 Å².